The molecule has 1 aromatic carbocycles. The second-order valence-corrected chi connectivity index (χ2v) is 4.22. The van der Waals surface area contributed by atoms with Gasteiger partial charge in [0, 0.05) is 24.1 Å². The third kappa shape index (κ3) is 2.42. The second-order valence-electron chi connectivity index (χ2n) is 2.92. The predicted octanol–water partition coefficient (Wildman–Crippen LogP) is 2.15. The van der Waals surface area contributed by atoms with Gasteiger partial charge >= 0.3 is 0 Å². The summed E-state index contributed by atoms with van der Waals surface area (Å²) in [5.41, 5.74) is 7.50. The topological polar surface area (TPSA) is 29.3 Å². The maximum Gasteiger partial charge on any atom is 0.104 e. The van der Waals surface area contributed by atoms with E-state index in [4.69, 9.17) is 18.0 Å². The Labute approximate surface area is 91.9 Å². The minimum atomic E-state index is 0.422. The van der Waals surface area contributed by atoms with Crippen LogP contribution in [0, 0.1) is 0 Å². The van der Waals surface area contributed by atoms with Crippen molar-refractivity contribution in [2.75, 3.05) is 19.0 Å². The molecule has 0 aliphatic heterocycles. The fraction of sp³-hybridized carbons (Fsp3) is 0.222. The molecule has 0 aromatic heterocycles. The Balaban J connectivity index is 3.13. The number of anilines is 1. The lowest BCUT2D eigenvalue weighted by Crippen LogP contribution is -2.12. The number of benzene rings is 1. The molecule has 0 heterocycles. The minimum Gasteiger partial charge on any atom is -0.389 e. The van der Waals surface area contributed by atoms with Crippen molar-refractivity contribution in [3.8, 4) is 0 Å². The number of nitrogens with two attached hydrogens (primary N) is 1. The average Bonchev–Trinajstić information content (AvgIpc) is 2.03. The standard InChI is InChI=1S/C9H11BrN2S/c1-12(2)8-4-3-6(9(11)13)5-7(8)10/h3-5H,1-2H3,(H2,11,13). The molecule has 0 spiro atoms. The molecule has 0 fully saturated rings. The summed E-state index contributed by atoms with van der Waals surface area (Å²) in [6.07, 6.45) is 0. The average molecular weight is 259 g/mol. The zero-order valence-electron chi connectivity index (χ0n) is 7.54. The number of halogens is 1. The first-order valence-corrected chi connectivity index (χ1v) is 4.99. The Morgan fingerprint density at radius 1 is 1.46 bits per heavy atom. The normalized spacial score (nSPS) is 9.77. The predicted molar refractivity (Wildman–Crippen MR) is 64.4 cm³/mol. The van der Waals surface area contributed by atoms with E-state index < -0.39 is 0 Å². The minimum absolute atomic E-state index is 0.422. The highest BCUT2D eigenvalue weighted by molar-refractivity contribution is 9.10. The molecule has 0 aliphatic rings. The molecule has 0 bridgehead atoms. The lowest BCUT2D eigenvalue weighted by atomic mass is 10.2. The summed E-state index contributed by atoms with van der Waals surface area (Å²) in [7, 11) is 3.97. The van der Waals surface area contributed by atoms with Gasteiger partial charge in [-0.2, -0.15) is 0 Å². The van der Waals surface area contributed by atoms with Gasteiger partial charge in [-0.05, 0) is 34.1 Å². The zero-order chi connectivity index (χ0) is 10.0. The van der Waals surface area contributed by atoms with Crippen molar-refractivity contribution in [1.82, 2.24) is 0 Å². The van der Waals surface area contributed by atoms with Crippen molar-refractivity contribution in [3.63, 3.8) is 0 Å². The van der Waals surface area contributed by atoms with Crippen molar-refractivity contribution >= 4 is 38.8 Å². The summed E-state index contributed by atoms with van der Waals surface area (Å²) in [5, 5.41) is 0. The molecule has 2 N–H and O–H groups in total. The van der Waals surface area contributed by atoms with Gasteiger partial charge in [0.15, 0.2) is 0 Å². The monoisotopic (exact) mass is 258 g/mol. The number of nitrogens with zero attached hydrogens (tertiary/aromatic N) is 1. The Morgan fingerprint density at radius 2 is 2.08 bits per heavy atom. The highest BCUT2D eigenvalue weighted by Crippen LogP contribution is 2.25. The molecular formula is C9H11BrN2S. The van der Waals surface area contributed by atoms with E-state index in [9.17, 15) is 0 Å². The van der Waals surface area contributed by atoms with Gasteiger partial charge in [-0.1, -0.05) is 12.2 Å². The summed E-state index contributed by atoms with van der Waals surface area (Å²) < 4.78 is 1.00. The summed E-state index contributed by atoms with van der Waals surface area (Å²) in [4.78, 5) is 2.44. The molecule has 0 unspecified atom stereocenters. The molecule has 0 atom stereocenters. The van der Waals surface area contributed by atoms with Crippen molar-refractivity contribution in [3.05, 3.63) is 28.2 Å². The Morgan fingerprint density at radius 3 is 2.46 bits per heavy atom. The largest absolute Gasteiger partial charge is 0.389 e. The van der Waals surface area contributed by atoms with Crippen molar-refractivity contribution in [1.29, 1.82) is 0 Å². The summed E-state index contributed by atoms with van der Waals surface area (Å²) in [6, 6.07) is 5.83. The van der Waals surface area contributed by atoms with Crippen LogP contribution in [-0.2, 0) is 0 Å². The van der Waals surface area contributed by atoms with E-state index in [2.05, 4.69) is 15.9 Å². The smallest absolute Gasteiger partial charge is 0.104 e. The quantitative estimate of drug-likeness (QED) is 0.825. The third-order valence-corrected chi connectivity index (χ3v) is 2.58. The molecule has 0 radical (unpaired) electrons. The molecule has 13 heavy (non-hydrogen) atoms. The molecular weight excluding hydrogens is 248 g/mol. The number of thiocarbonyl (C=S) groups is 1. The van der Waals surface area contributed by atoms with E-state index in [0.717, 1.165) is 15.7 Å². The van der Waals surface area contributed by atoms with Crippen LogP contribution < -0.4 is 10.6 Å². The Bertz CT molecular complexity index is 336. The van der Waals surface area contributed by atoms with E-state index in [1.807, 2.05) is 37.2 Å². The van der Waals surface area contributed by atoms with Crippen LogP contribution in [0.1, 0.15) is 5.56 Å². The number of hydrogen-bond acceptors (Lipinski definition) is 2. The number of hydrogen-bond donors (Lipinski definition) is 1. The SMILES string of the molecule is CN(C)c1ccc(C(N)=S)cc1Br. The van der Waals surface area contributed by atoms with E-state index in [0.29, 0.717) is 4.99 Å². The van der Waals surface area contributed by atoms with Crippen LogP contribution in [0.25, 0.3) is 0 Å². The van der Waals surface area contributed by atoms with Gasteiger partial charge in [0.25, 0.3) is 0 Å². The van der Waals surface area contributed by atoms with Gasteiger partial charge < -0.3 is 10.6 Å². The Hall–Kier alpha value is -0.610. The fourth-order valence-electron chi connectivity index (χ4n) is 1.02. The lowest BCUT2D eigenvalue weighted by Gasteiger charge is -2.14. The lowest BCUT2D eigenvalue weighted by molar-refractivity contribution is 1.12. The van der Waals surface area contributed by atoms with E-state index in [1.54, 1.807) is 0 Å². The van der Waals surface area contributed by atoms with Crippen LogP contribution in [0.15, 0.2) is 22.7 Å². The zero-order valence-corrected chi connectivity index (χ0v) is 9.95. The third-order valence-electron chi connectivity index (χ3n) is 1.71. The molecule has 2 nitrogen and oxygen atoms in total. The molecule has 0 saturated heterocycles. The van der Waals surface area contributed by atoms with Crippen LogP contribution in [0.4, 0.5) is 5.69 Å². The van der Waals surface area contributed by atoms with Gasteiger partial charge in [0.2, 0.25) is 0 Å². The van der Waals surface area contributed by atoms with E-state index >= 15 is 0 Å². The molecule has 70 valence electrons. The molecule has 1 aromatic rings. The first-order chi connectivity index (χ1) is 6.02. The van der Waals surface area contributed by atoms with Crippen LogP contribution >= 0.6 is 28.1 Å². The van der Waals surface area contributed by atoms with Crippen LogP contribution in [0.3, 0.4) is 0 Å². The Kier molecular flexibility index (Phi) is 3.27. The first kappa shape index (κ1) is 10.5. The molecule has 0 amide bonds. The highest BCUT2D eigenvalue weighted by atomic mass is 79.9. The number of rotatable bonds is 2. The molecule has 1 rings (SSSR count). The summed E-state index contributed by atoms with van der Waals surface area (Å²) in [5.74, 6) is 0. The fourth-order valence-corrected chi connectivity index (χ4v) is 1.88. The summed E-state index contributed by atoms with van der Waals surface area (Å²) in [6.45, 7) is 0. The van der Waals surface area contributed by atoms with Crippen LogP contribution in [0.2, 0.25) is 0 Å². The van der Waals surface area contributed by atoms with Crippen molar-refractivity contribution in [2.45, 2.75) is 0 Å². The van der Waals surface area contributed by atoms with E-state index in [1.165, 1.54) is 0 Å². The maximum absolute atomic E-state index is 5.51. The van der Waals surface area contributed by atoms with Gasteiger partial charge in [0.05, 0.1) is 5.69 Å². The summed E-state index contributed by atoms with van der Waals surface area (Å²) >= 11 is 8.33. The molecule has 0 saturated carbocycles. The van der Waals surface area contributed by atoms with Crippen molar-refractivity contribution in [2.24, 2.45) is 5.73 Å². The molecule has 4 heteroatoms. The van der Waals surface area contributed by atoms with E-state index in [-0.39, 0.29) is 0 Å². The van der Waals surface area contributed by atoms with Gasteiger partial charge in [-0.3, -0.25) is 0 Å². The second kappa shape index (κ2) is 4.07. The van der Waals surface area contributed by atoms with Gasteiger partial charge in [-0.15, -0.1) is 0 Å². The van der Waals surface area contributed by atoms with Crippen LogP contribution in [-0.4, -0.2) is 19.1 Å². The molecule has 0 aliphatic carbocycles. The first-order valence-electron chi connectivity index (χ1n) is 3.79. The van der Waals surface area contributed by atoms with Crippen molar-refractivity contribution < 1.29 is 0 Å². The van der Waals surface area contributed by atoms with Crippen LogP contribution in [0.5, 0.6) is 0 Å². The van der Waals surface area contributed by atoms with Gasteiger partial charge in [-0.25, -0.2) is 0 Å². The highest BCUT2D eigenvalue weighted by Gasteiger charge is 2.03. The van der Waals surface area contributed by atoms with Gasteiger partial charge in [0.1, 0.15) is 4.99 Å². The maximum atomic E-state index is 5.51.